The van der Waals surface area contributed by atoms with Gasteiger partial charge in [0.2, 0.25) is 0 Å². The van der Waals surface area contributed by atoms with Gasteiger partial charge in [0.25, 0.3) is 0 Å². The lowest BCUT2D eigenvalue weighted by Crippen LogP contribution is -2.52. The van der Waals surface area contributed by atoms with Crippen LogP contribution >= 0.6 is 11.8 Å². The van der Waals surface area contributed by atoms with Gasteiger partial charge in [-0.05, 0) is 45.3 Å². The van der Waals surface area contributed by atoms with Crippen molar-refractivity contribution in [1.29, 1.82) is 0 Å². The monoisotopic (exact) mass is 304 g/mol. The molecule has 1 aromatic carbocycles. The predicted molar refractivity (Wildman–Crippen MR) is 93.2 cm³/mol. The largest absolute Gasteiger partial charge is 0.317 e. The average molecular weight is 305 g/mol. The van der Waals surface area contributed by atoms with E-state index < -0.39 is 0 Å². The molecule has 1 N–H and O–H groups in total. The first-order valence-corrected chi connectivity index (χ1v) is 9.21. The maximum absolute atomic E-state index is 3.54. The fraction of sp³-hybridized carbons (Fsp3) is 0.667. The molecule has 2 heterocycles. The Hall–Kier alpha value is -0.510. The summed E-state index contributed by atoms with van der Waals surface area (Å²) in [5.41, 5.74) is 1.90. The number of rotatable bonds is 3. The molecule has 0 atom stereocenters. The molecule has 2 saturated heterocycles. The summed E-state index contributed by atoms with van der Waals surface area (Å²) in [6.45, 7) is 10.8. The number of nitrogens with zero attached hydrogens (tertiary/aromatic N) is 1. The van der Waals surface area contributed by atoms with Crippen molar-refractivity contribution in [1.82, 2.24) is 10.2 Å². The number of thioether (sulfide) groups is 1. The summed E-state index contributed by atoms with van der Waals surface area (Å²) in [7, 11) is 0. The number of hydrogen-bond acceptors (Lipinski definition) is 3. The summed E-state index contributed by atoms with van der Waals surface area (Å²) in [5, 5.41) is 3.54. The molecule has 21 heavy (non-hydrogen) atoms. The van der Waals surface area contributed by atoms with E-state index in [0.29, 0.717) is 10.2 Å². The summed E-state index contributed by atoms with van der Waals surface area (Å²) in [5.74, 6) is 1.27. The number of piperidine rings is 1. The molecule has 0 amide bonds. The van der Waals surface area contributed by atoms with E-state index in [2.05, 4.69) is 66.2 Å². The molecule has 3 rings (SSSR count). The molecular formula is C18H28N2S. The fourth-order valence-electron chi connectivity index (χ4n) is 3.91. The highest BCUT2D eigenvalue weighted by molar-refractivity contribution is 8.00. The van der Waals surface area contributed by atoms with Crippen LogP contribution in [0.1, 0.15) is 32.3 Å². The van der Waals surface area contributed by atoms with Gasteiger partial charge in [-0.25, -0.2) is 0 Å². The highest BCUT2D eigenvalue weighted by Gasteiger charge is 2.37. The van der Waals surface area contributed by atoms with Crippen LogP contribution in [0.4, 0.5) is 0 Å². The molecule has 2 aliphatic heterocycles. The minimum absolute atomic E-state index is 0.352. The van der Waals surface area contributed by atoms with Gasteiger partial charge in [0.05, 0.1) is 0 Å². The van der Waals surface area contributed by atoms with Crippen molar-refractivity contribution in [3.8, 4) is 0 Å². The van der Waals surface area contributed by atoms with E-state index in [9.17, 15) is 0 Å². The molecule has 0 aromatic heterocycles. The minimum Gasteiger partial charge on any atom is -0.317 e. The van der Waals surface area contributed by atoms with Gasteiger partial charge in [-0.2, -0.15) is 11.8 Å². The Labute approximate surface area is 133 Å². The second kappa shape index (κ2) is 6.31. The maximum atomic E-state index is 3.54. The number of hydrogen-bond donors (Lipinski definition) is 1. The molecule has 0 bridgehead atoms. The topological polar surface area (TPSA) is 15.3 Å². The molecule has 0 radical (unpaired) electrons. The average Bonchev–Trinajstić information content (AvgIpc) is 2.48. The molecule has 0 saturated carbocycles. The van der Waals surface area contributed by atoms with Crippen LogP contribution in [0.25, 0.3) is 0 Å². The van der Waals surface area contributed by atoms with Crippen LogP contribution in [0.5, 0.6) is 0 Å². The van der Waals surface area contributed by atoms with Crippen LogP contribution in [0, 0.1) is 0 Å². The van der Waals surface area contributed by atoms with E-state index in [1.165, 1.54) is 38.2 Å². The van der Waals surface area contributed by atoms with Crippen molar-refractivity contribution in [2.45, 2.75) is 36.9 Å². The lowest BCUT2D eigenvalue weighted by Gasteiger charge is -2.45. The first-order valence-electron chi connectivity index (χ1n) is 8.22. The normalized spacial score (nSPS) is 25.6. The third-order valence-corrected chi connectivity index (χ3v) is 6.28. The zero-order chi connectivity index (χ0) is 14.8. The quantitative estimate of drug-likeness (QED) is 0.923. The van der Waals surface area contributed by atoms with Gasteiger partial charge in [-0.15, -0.1) is 0 Å². The molecule has 1 aromatic rings. The van der Waals surface area contributed by atoms with Crippen LogP contribution in [0.15, 0.2) is 30.3 Å². The Morgan fingerprint density at radius 1 is 1.14 bits per heavy atom. The van der Waals surface area contributed by atoms with E-state index in [1.807, 2.05) is 0 Å². The van der Waals surface area contributed by atoms with Gasteiger partial charge in [0.15, 0.2) is 0 Å². The molecule has 2 aliphatic rings. The molecular weight excluding hydrogens is 276 g/mol. The highest BCUT2D eigenvalue weighted by atomic mass is 32.2. The van der Waals surface area contributed by atoms with Crippen LogP contribution in [-0.4, -0.2) is 48.1 Å². The molecule has 0 spiro atoms. The van der Waals surface area contributed by atoms with Gasteiger partial charge < -0.3 is 10.2 Å². The summed E-state index contributed by atoms with van der Waals surface area (Å²) in [6, 6.07) is 11.2. The third-order valence-electron chi connectivity index (χ3n) is 4.98. The van der Waals surface area contributed by atoms with Crippen LogP contribution in [-0.2, 0) is 5.41 Å². The van der Waals surface area contributed by atoms with Gasteiger partial charge in [0, 0.05) is 35.5 Å². The summed E-state index contributed by atoms with van der Waals surface area (Å²) < 4.78 is 0.406. The predicted octanol–water partition coefficient (Wildman–Crippen LogP) is 3.14. The van der Waals surface area contributed by atoms with E-state index >= 15 is 0 Å². The fourth-order valence-corrected chi connectivity index (χ4v) is 5.09. The Morgan fingerprint density at radius 2 is 1.86 bits per heavy atom. The Bertz CT molecular complexity index is 452. The first-order chi connectivity index (χ1) is 10.1. The number of nitrogens with one attached hydrogen (secondary N) is 1. The third kappa shape index (κ3) is 3.64. The van der Waals surface area contributed by atoms with Gasteiger partial charge >= 0.3 is 0 Å². The molecule has 3 heteroatoms. The van der Waals surface area contributed by atoms with Crippen molar-refractivity contribution in [2.75, 3.05) is 38.5 Å². The van der Waals surface area contributed by atoms with Crippen LogP contribution in [0.2, 0.25) is 0 Å². The Kier molecular flexibility index (Phi) is 4.63. The minimum atomic E-state index is 0.352. The van der Waals surface area contributed by atoms with Crippen molar-refractivity contribution >= 4 is 11.8 Å². The summed E-state index contributed by atoms with van der Waals surface area (Å²) >= 11 is 2.13. The van der Waals surface area contributed by atoms with Gasteiger partial charge in [-0.1, -0.05) is 30.3 Å². The molecule has 116 valence electrons. The maximum Gasteiger partial charge on any atom is 0.0231 e. The summed E-state index contributed by atoms with van der Waals surface area (Å²) in [4.78, 5) is 2.72. The van der Waals surface area contributed by atoms with Crippen molar-refractivity contribution < 1.29 is 0 Å². The molecule has 2 fully saturated rings. The lowest BCUT2D eigenvalue weighted by molar-refractivity contribution is 0.168. The zero-order valence-corrected chi connectivity index (χ0v) is 14.2. The number of benzene rings is 1. The second-order valence-corrected chi connectivity index (χ2v) is 9.02. The van der Waals surface area contributed by atoms with E-state index in [-0.39, 0.29) is 0 Å². The SMILES string of the molecule is CC1(C)CN(CC2(c3ccccc3)CCNCC2)CCS1. The molecule has 0 unspecified atom stereocenters. The van der Waals surface area contributed by atoms with Gasteiger partial charge in [0.1, 0.15) is 0 Å². The van der Waals surface area contributed by atoms with Crippen LogP contribution < -0.4 is 5.32 Å². The molecule has 0 aliphatic carbocycles. The van der Waals surface area contributed by atoms with Crippen LogP contribution in [0.3, 0.4) is 0 Å². The van der Waals surface area contributed by atoms with Gasteiger partial charge in [-0.3, -0.25) is 0 Å². The van der Waals surface area contributed by atoms with Crippen molar-refractivity contribution in [2.24, 2.45) is 0 Å². The summed E-state index contributed by atoms with van der Waals surface area (Å²) in [6.07, 6.45) is 2.53. The first kappa shape index (κ1) is 15.4. The highest BCUT2D eigenvalue weighted by Crippen LogP contribution is 2.37. The van der Waals surface area contributed by atoms with E-state index in [4.69, 9.17) is 0 Å². The Morgan fingerprint density at radius 3 is 2.52 bits per heavy atom. The standard InChI is InChI=1S/C18H28N2S/c1-17(2)14-20(12-13-21-17)15-18(8-10-19-11-9-18)16-6-4-3-5-7-16/h3-7,19H,8-15H2,1-2H3. The van der Waals surface area contributed by atoms with E-state index in [0.717, 1.165) is 13.1 Å². The Balaban J connectivity index is 1.80. The van der Waals surface area contributed by atoms with Crippen molar-refractivity contribution in [3.63, 3.8) is 0 Å². The van der Waals surface area contributed by atoms with E-state index in [1.54, 1.807) is 5.56 Å². The second-order valence-electron chi connectivity index (χ2n) is 7.22. The van der Waals surface area contributed by atoms with Crippen molar-refractivity contribution in [3.05, 3.63) is 35.9 Å². The lowest BCUT2D eigenvalue weighted by atomic mass is 9.72. The zero-order valence-electron chi connectivity index (χ0n) is 13.4. The smallest absolute Gasteiger partial charge is 0.0231 e. The molecule has 2 nitrogen and oxygen atoms in total.